The van der Waals surface area contributed by atoms with Crippen molar-refractivity contribution < 1.29 is 0 Å². The van der Waals surface area contributed by atoms with E-state index in [0.717, 1.165) is 23.4 Å². The highest BCUT2D eigenvalue weighted by molar-refractivity contribution is 5.68. The van der Waals surface area contributed by atoms with Gasteiger partial charge >= 0.3 is 0 Å². The van der Waals surface area contributed by atoms with Crippen LogP contribution in [0.4, 0.5) is 0 Å². The smallest absolute Gasteiger partial charge is 0.182 e. The third-order valence-electron chi connectivity index (χ3n) is 2.78. The van der Waals surface area contributed by atoms with E-state index >= 15 is 0 Å². The first-order valence-corrected chi connectivity index (χ1v) is 5.71. The summed E-state index contributed by atoms with van der Waals surface area (Å²) in [6.45, 7) is 8.40. The van der Waals surface area contributed by atoms with E-state index in [2.05, 4.69) is 48.0 Å². The average molecular weight is 219 g/mol. The van der Waals surface area contributed by atoms with Crippen LogP contribution in [-0.2, 0) is 0 Å². The fraction of sp³-hybridized carbons (Fsp3) is 0.636. The van der Waals surface area contributed by atoms with Crippen LogP contribution < -0.4 is 0 Å². The van der Waals surface area contributed by atoms with Gasteiger partial charge in [0.15, 0.2) is 11.2 Å². The molecule has 0 saturated heterocycles. The van der Waals surface area contributed by atoms with E-state index in [1.165, 1.54) is 0 Å². The second-order valence-electron chi connectivity index (χ2n) is 4.37. The standard InChI is InChI=1S/C11H17N5/c1-5-8(4)10-12-6-9-11(13-10)16(7(2)3)15-14-9/h6-8H,5H2,1-4H3. The molecular weight excluding hydrogens is 202 g/mol. The van der Waals surface area contributed by atoms with Crippen molar-refractivity contribution in [3.63, 3.8) is 0 Å². The first-order chi connectivity index (χ1) is 7.63. The third kappa shape index (κ3) is 1.77. The quantitative estimate of drug-likeness (QED) is 0.795. The van der Waals surface area contributed by atoms with Crippen LogP contribution in [0.3, 0.4) is 0 Å². The molecule has 5 heteroatoms. The molecule has 86 valence electrons. The number of aromatic nitrogens is 5. The van der Waals surface area contributed by atoms with Crippen LogP contribution in [0.2, 0.25) is 0 Å². The Morgan fingerprint density at radius 2 is 2.06 bits per heavy atom. The molecule has 2 rings (SSSR count). The molecule has 0 N–H and O–H groups in total. The van der Waals surface area contributed by atoms with Crippen LogP contribution in [0.25, 0.3) is 11.2 Å². The van der Waals surface area contributed by atoms with E-state index in [9.17, 15) is 0 Å². The Hall–Kier alpha value is -1.52. The Balaban J connectivity index is 2.54. The lowest BCUT2D eigenvalue weighted by Crippen LogP contribution is -2.06. The molecule has 0 bridgehead atoms. The van der Waals surface area contributed by atoms with Crippen molar-refractivity contribution in [3.8, 4) is 0 Å². The maximum atomic E-state index is 4.55. The molecule has 5 nitrogen and oxygen atoms in total. The number of hydrogen-bond donors (Lipinski definition) is 0. The zero-order chi connectivity index (χ0) is 11.7. The zero-order valence-electron chi connectivity index (χ0n) is 10.2. The number of rotatable bonds is 3. The molecule has 16 heavy (non-hydrogen) atoms. The average Bonchev–Trinajstić information content (AvgIpc) is 2.70. The minimum Gasteiger partial charge on any atom is -0.239 e. The van der Waals surface area contributed by atoms with Crippen molar-refractivity contribution >= 4 is 11.2 Å². The zero-order valence-corrected chi connectivity index (χ0v) is 10.2. The minimum absolute atomic E-state index is 0.268. The Morgan fingerprint density at radius 1 is 1.31 bits per heavy atom. The first-order valence-electron chi connectivity index (χ1n) is 5.71. The van der Waals surface area contributed by atoms with Gasteiger partial charge in [-0.05, 0) is 20.3 Å². The lowest BCUT2D eigenvalue weighted by Gasteiger charge is -2.08. The van der Waals surface area contributed by atoms with Crippen LogP contribution in [0.5, 0.6) is 0 Å². The molecule has 0 radical (unpaired) electrons. The Kier molecular flexibility index (Phi) is 2.85. The molecule has 2 heterocycles. The molecule has 0 aliphatic carbocycles. The maximum absolute atomic E-state index is 4.55. The van der Waals surface area contributed by atoms with Crippen molar-refractivity contribution in [2.75, 3.05) is 0 Å². The van der Waals surface area contributed by atoms with Gasteiger partial charge in [-0.1, -0.05) is 19.1 Å². The highest BCUT2D eigenvalue weighted by Gasteiger charge is 2.13. The second-order valence-corrected chi connectivity index (χ2v) is 4.37. The summed E-state index contributed by atoms with van der Waals surface area (Å²) in [6, 6.07) is 0.268. The van der Waals surface area contributed by atoms with Crippen LogP contribution in [0.15, 0.2) is 6.20 Å². The Bertz CT molecular complexity index is 488. The van der Waals surface area contributed by atoms with E-state index in [1.54, 1.807) is 6.20 Å². The third-order valence-corrected chi connectivity index (χ3v) is 2.78. The molecular formula is C11H17N5. The Labute approximate surface area is 94.9 Å². The molecule has 0 fully saturated rings. The van der Waals surface area contributed by atoms with Gasteiger partial charge in [-0.15, -0.1) is 5.10 Å². The predicted molar refractivity (Wildman–Crippen MR) is 62.2 cm³/mol. The van der Waals surface area contributed by atoms with Crippen LogP contribution in [0.1, 0.15) is 51.9 Å². The van der Waals surface area contributed by atoms with E-state index in [4.69, 9.17) is 0 Å². The fourth-order valence-corrected chi connectivity index (χ4v) is 1.53. The number of nitrogens with zero attached hydrogens (tertiary/aromatic N) is 5. The SMILES string of the molecule is CCC(C)c1ncc2nnn(C(C)C)c2n1. The van der Waals surface area contributed by atoms with Gasteiger partial charge in [0.1, 0.15) is 5.82 Å². The van der Waals surface area contributed by atoms with Gasteiger partial charge in [-0.3, -0.25) is 0 Å². The summed E-state index contributed by atoms with van der Waals surface area (Å²) in [4.78, 5) is 8.88. The molecule has 0 spiro atoms. The van der Waals surface area contributed by atoms with Crippen LogP contribution in [0, 0.1) is 0 Å². The first kappa shape index (κ1) is 11.0. The summed E-state index contributed by atoms with van der Waals surface area (Å²) >= 11 is 0. The van der Waals surface area contributed by atoms with Gasteiger partial charge in [-0.2, -0.15) is 0 Å². The van der Waals surface area contributed by atoms with Gasteiger partial charge in [0.2, 0.25) is 0 Å². The van der Waals surface area contributed by atoms with Crippen molar-refractivity contribution in [1.29, 1.82) is 0 Å². The highest BCUT2D eigenvalue weighted by atomic mass is 15.5. The predicted octanol–water partition coefficient (Wildman–Crippen LogP) is 2.32. The highest BCUT2D eigenvalue weighted by Crippen LogP contribution is 2.18. The molecule has 2 aromatic rings. The van der Waals surface area contributed by atoms with Crippen molar-refractivity contribution in [3.05, 3.63) is 12.0 Å². The molecule has 2 aromatic heterocycles. The van der Waals surface area contributed by atoms with Crippen LogP contribution in [-0.4, -0.2) is 25.0 Å². The number of fused-ring (bicyclic) bond motifs is 1. The second kappa shape index (κ2) is 4.15. The molecule has 0 amide bonds. The summed E-state index contributed by atoms with van der Waals surface area (Å²) in [5, 5.41) is 8.14. The lowest BCUT2D eigenvalue weighted by molar-refractivity contribution is 0.524. The van der Waals surface area contributed by atoms with E-state index in [-0.39, 0.29) is 6.04 Å². The van der Waals surface area contributed by atoms with E-state index < -0.39 is 0 Å². The lowest BCUT2D eigenvalue weighted by atomic mass is 10.1. The molecule has 1 unspecified atom stereocenters. The largest absolute Gasteiger partial charge is 0.239 e. The normalized spacial score (nSPS) is 13.6. The summed E-state index contributed by atoms with van der Waals surface area (Å²) < 4.78 is 1.84. The topological polar surface area (TPSA) is 56.5 Å². The van der Waals surface area contributed by atoms with Gasteiger partial charge in [0, 0.05) is 5.92 Å². The molecule has 0 saturated carbocycles. The molecule has 0 aliphatic rings. The van der Waals surface area contributed by atoms with E-state index in [0.29, 0.717) is 5.92 Å². The monoisotopic (exact) mass is 219 g/mol. The fourth-order valence-electron chi connectivity index (χ4n) is 1.53. The summed E-state index contributed by atoms with van der Waals surface area (Å²) in [6.07, 6.45) is 2.80. The van der Waals surface area contributed by atoms with Crippen LogP contribution >= 0.6 is 0 Å². The minimum atomic E-state index is 0.268. The van der Waals surface area contributed by atoms with Crippen molar-refractivity contribution in [2.45, 2.75) is 46.1 Å². The van der Waals surface area contributed by atoms with Crippen molar-refractivity contribution in [1.82, 2.24) is 25.0 Å². The van der Waals surface area contributed by atoms with Gasteiger partial charge in [0.05, 0.1) is 12.2 Å². The number of hydrogen-bond acceptors (Lipinski definition) is 4. The Morgan fingerprint density at radius 3 is 2.69 bits per heavy atom. The van der Waals surface area contributed by atoms with Gasteiger partial charge in [0.25, 0.3) is 0 Å². The summed E-state index contributed by atoms with van der Waals surface area (Å²) in [5.41, 5.74) is 1.60. The maximum Gasteiger partial charge on any atom is 0.182 e. The molecule has 1 atom stereocenters. The van der Waals surface area contributed by atoms with E-state index in [1.807, 2.05) is 4.68 Å². The van der Waals surface area contributed by atoms with Crippen molar-refractivity contribution in [2.24, 2.45) is 0 Å². The summed E-state index contributed by atoms with van der Waals surface area (Å²) in [5.74, 6) is 1.25. The molecule has 0 aromatic carbocycles. The molecule has 0 aliphatic heterocycles. The summed E-state index contributed by atoms with van der Waals surface area (Å²) in [7, 11) is 0. The van der Waals surface area contributed by atoms with Gasteiger partial charge < -0.3 is 0 Å². The van der Waals surface area contributed by atoms with Gasteiger partial charge in [-0.25, -0.2) is 14.6 Å².